The van der Waals surface area contributed by atoms with Gasteiger partial charge in [0.2, 0.25) is 15.6 Å². The predicted octanol–water partition coefficient (Wildman–Crippen LogP) is 4.13. The molecule has 1 aliphatic heterocycles. The van der Waals surface area contributed by atoms with Crippen molar-refractivity contribution >= 4 is 32.5 Å². The van der Waals surface area contributed by atoms with Crippen LogP contribution in [-0.2, 0) is 10.0 Å². The molecule has 2 heterocycles. The van der Waals surface area contributed by atoms with Gasteiger partial charge in [-0.25, -0.2) is 8.42 Å². The van der Waals surface area contributed by atoms with Gasteiger partial charge in [-0.05, 0) is 56.0 Å². The molecule has 0 bridgehead atoms. The number of carbonyl (C=O) groups excluding carboxylic acids is 1. The first-order valence-corrected chi connectivity index (χ1v) is 14.6. The molecular weight excluding hydrogens is 488 g/mol. The molecule has 198 valence electrons. The van der Waals surface area contributed by atoms with E-state index >= 15 is 0 Å². The van der Waals surface area contributed by atoms with Crippen LogP contribution in [0.25, 0.3) is 10.9 Å². The highest BCUT2D eigenvalue weighted by Crippen LogP contribution is 2.25. The molecule has 1 fully saturated rings. The summed E-state index contributed by atoms with van der Waals surface area (Å²) in [4.78, 5) is 30.5. The number of rotatable bonds is 11. The first-order valence-electron chi connectivity index (χ1n) is 13.2. The number of nitrogens with zero attached hydrogens (tertiary/aromatic N) is 2. The first-order chi connectivity index (χ1) is 17.9. The Balaban J connectivity index is 1.48. The molecule has 0 saturated carbocycles. The molecule has 1 saturated heterocycles. The Morgan fingerprint density at radius 3 is 2.46 bits per heavy atom. The standard InChI is InChI=1S/C28H36N4O4S/c1-2-3-16-31(22-11-6-4-7-12-22)17-10-15-29-28(34)25-21-27(33)30-26-14-13-23(20-24(25)26)37(35,36)32-18-8-5-9-19-32/h4,6-7,11-14,20-21H,2-3,5,8-10,15-19H2,1H3,(H,29,34)(H,30,33). The van der Waals surface area contributed by atoms with E-state index < -0.39 is 15.6 Å². The third-order valence-electron chi connectivity index (χ3n) is 6.81. The van der Waals surface area contributed by atoms with Gasteiger partial charge in [-0.3, -0.25) is 9.59 Å². The maximum atomic E-state index is 13.2. The number of aromatic nitrogens is 1. The first kappa shape index (κ1) is 26.9. The van der Waals surface area contributed by atoms with E-state index in [0.29, 0.717) is 30.5 Å². The largest absolute Gasteiger partial charge is 0.371 e. The number of pyridine rings is 1. The highest BCUT2D eigenvalue weighted by Gasteiger charge is 2.26. The van der Waals surface area contributed by atoms with Crippen molar-refractivity contribution < 1.29 is 13.2 Å². The molecule has 8 nitrogen and oxygen atoms in total. The maximum absolute atomic E-state index is 13.2. The van der Waals surface area contributed by atoms with Crippen molar-refractivity contribution in [3.63, 3.8) is 0 Å². The molecule has 1 amide bonds. The fourth-order valence-corrected chi connectivity index (χ4v) is 6.30. The lowest BCUT2D eigenvalue weighted by atomic mass is 10.1. The molecule has 0 aliphatic carbocycles. The van der Waals surface area contributed by atoms with Crippen molar-refractivity contribution in [1.82, 2.24) is 14.6 Å². The number of nitrogens with one attached hydrogen (secondary N) is 2. The van der Waals surface area contributed by atoms with E-state index in [9.17, 15) is 18.0 Å². The van der Waals surface area contributed by atoms with Crippen LogP contribution in [-0.4, -0.2) is 56.3 Å². The van der Waals surface area contributed by atoms with Crippen LogP contribution in [0, 0.1) is 0 Å². The topological polar surface area (TPSA) is 103 Å². The molecule has 2 aromatic carbocycles. The van der Waals surface area contributed by atoms with Crippen molar-refractivity contribution in [3.05, 3.63) is 70.5 Å². The SMILES string of the molecule is CCCCN(CCCNC(=O)c1cc(=O)[nH]c2ccc(S(=O)(=O)N3CCCCC3)cc12)c1ccccc1. The minimum absolute atomic E-state index is 0.137. The van der Waals surface area contributed by atoms with Crippen molar-refractivity contribution in [2.24, 2.45) is 0 Å². The Bertz CT molecular complexity index is 1370. The number of anilines is 1. The van der Waals surface area contributed by atoms with Gasteiger partial charge in [0.1, 0.15) is 0 Å². The van der Waals surface area contributed by atoms with E-state index in [1.54, 1.807) is 6.07 Å². The van der Waals surface area contributed by atoms with Gasteiger partial charge in [-0.1, -0.05) is 38.0 Å². The Hall–Kier alpha value is -3.17. The number of piperidine rings is 1. The summed E-state index contributed by atoms with van der Waals surface area (Å²) in [5.74, 6) is -0.386. The summed E-state index contributed by atoms with van der Waals surface area (Å²) in [5.41, 5.74) is 1.37. The monoisotopic (exact) mass is 524 g/mol. The second-order valence-corrected chi connectivity index (χ2v) is 11.4. The second kappa shape index (κ2) is 12.4. The van der Waals surface area contributed by atoms with E-state index in [0.717, 1.165) is 57.3 Å². The van der Waals surface area contributed by atoms with Crippen LogP contribution < -0.4 is 15.8 Å². The van der Waals surface area contributed by atoms with Crippen LogP contribution in [0.1, 0.15) is 55.8 Å². The number of aromatic amines is 1. The molecule has 0 radical (unpaired) electrons. The molecule has 3 aromatic rings. The maximum Gasteiger partial charge on any atom is 0.252 e. The average Bonchev–Trinajstić information content (AvgIpc) is 2.92. The number of benzene rings is 2. The number of unbranched alkanes of at least 4 members (excludes halogenated alkanes) is 1. The Morgan fingerprint density at radius 2 is 1.73 bits per heavy atom. The molecule has 1 aromatic heterocycles. The number of carbonyl (C=O) groups is 1. The highest BCUT2D eigenvalue weighted by atomic mass is 32.2. The molecular formula is C28H36N4O4S. The van der Waals surface area contributed by atoms with E-state index in [1.807, 2.05) is 18.2 Å². The fourth-order valence-electron chi connectivity index (χ4n) is 4.76. The van der Waals surface area contributed by atoms with E-state index in [1.165, 1.54) is 22.5 Å². The fraction of sp³-hybridized carbons (Fsp3) is 0.429. The van der Waals surface area contributed by atoms with Gasteiger partial charge in [0.15, 0.2) is 0 Å². The van der Waals surface area contributed by atoms with Gasteiger partial charge >= 0.3 is 0 Å². The molecule has 0 spiro atoms. The quantitative estimate of drug-likeness (QED) is 0.367. The van der Waals surface area contributed by atoms with E-state index in [2.05, 4.69) is 34.3 Å². The lowest BCUT2D eigenvalue weighted by Gasteiger charge is -2.26. The molecule has 37 heavy (non-hydrogen) atoms. The summed E-state index contributed by atoms with van der Waals surface area (Å²) in [6, 6.07) is 16.0. The summed E-state index contributed by atoms with van der Waals surface area (Å²) in [5, 5.41) is 3.34. The van der Waals surface area contributed by atoms with Crippen LogP contribution in [0.3, 0.4) is 0 Å². The summed E-state index contributed by atoms with van der Waals surface area (Å²) >= 11 is 0. The minimum Gasteiger partial charge on any atom is -0.371 e. The molecule has 1 aliphatic rings. The molecule has 4 rings (SSSR count). The Kier molecular flexibility index (Phi) is 9.00. The van der Waals surface area contributed by atoms with Gasteiger partial charge < -0.3 is 15.2 Å². The highest BCUT2D eigenvalue weighted by molar-refractivity contribution is 7.89. The number of amides is 1. The molecule has 9 heteroatoms. The smallest absolute Gasteiger partial charge is 0.252 e. The zero-order valence-corrected chi connectivity index (χ0v) is 22.2. The van der Waals surface area contributed by atoms with Crippen molar-refractivity contribution in [1.29, 1.82) is 0 Å². The van der Waals surface area contributed by atoms with Crippen LogP contribution in [0.2, 0.25) is 0 Å². The van der Waals surface area contributed by atoms with E-state index in [4.69, 9.17) is 0 Å². The van der Waals surface area contributed by atoms with E-state index in [-0.39, 0.29) is 16.4 Å². The lowest BCUT2D eigenvalue weighted by molar-refractivity contribution is 0.0955. The van der Waals surface area contributed by atoms with Gasteiger partial charge in [0.25, 0.3) is 5.91 Å². The third-order valence-corrected chi connectivity index (χ3v) is 8.70. The number of fused-ring (bicyclic) bond motifs is 1. The molecule has 0 unspecified atom stereocenters. The van der Waals surface area contributed by atoms with Crippen LogP contribution in [0.4, 0.5) is 5.69 Å². The number of para-hydroxylation sites is 1. The summed E-state index contributed by atoms with van der Waals surface area (Å²) in [7, 11) is -3.67. The third kappa shape index (κ3) is 6.59. The van der Waals surface area contributed by atoms with Crippen LogP contribution in [0.5, 0.6) is 0 Å². The summed E-state index contributed by atoms with van der Waals surface area (Å²) in [6.07, 6.45) is 5.63. The Morgan fingerprint density at radius 1 is 1.00 bits per heavy atom. The lowest BCUT2D eigenvalue weighted by Crippen LogP contribution is -2.35. The van der Waals surface area contributed by atoms with Crippen LogP contribution in [0.15, 0.2) is 64.3 Å². The average molecular weight is 525 g/mol. The normalized spacial score (nSPS) is 14.5. The summed E-state index contributed by atoms with van der Waals surface area (Å²) < 4.78 is 27.9. The molecule has 0 atom stereocenters. The molecule has 2 N–H and O–H groups in total. The zero-order valence-electron chi connectivity index (χ0n) is 21.4. The summed E-state index contributed by atoms with van der Waals surface area (Å²) in [6.45, 7) is 5.34. The number of hydrogen-bond acceptors (Lipinski definition) is 5. The predicted molar refractivity (Wildman–Crippen MR) is 148 cm³/mol. The van der Waals surface area contributed by atoms with Crippen molar-refractivity contribution in [3.8, 4) is 0 Å². The number of hydrogen-bond donors (Lipinski definition) is 2. The van der Waals surface area contributed by atoms with Crippen LogP contribution >= 0.6 is 0 Å². The second-order valence-electron chi connectivity index (χ2n) is 9.51. The van der Waals surface area contributed by atoms with Crippen molar-refractivity contribution in [2.75, 3.05) is 37.6 Å². The van der Waals surface area contributed by atoms with Gasteiger partial charge in [-0.15, -0.1) is 0 Å². The zero-order chi connectivity index (χ0) is 26.3. The number of sulfonamides is 1. The van der Waals surface area contributed by atoms with Gasteiger partial charge in [0.05, 0.1) is 10.5 Å². The van der Waals surface area contributed by atoms with Gasteiger partial charge in [0, 0.05) is 55.4 Å². The minimum atomic E-state index is -3.67. The number of H-pyrrole nitrogens is 1. The Labute approximate surface area is 218 Å². The van der Waals surface area contributed by atoms with Crippen molar-refractivity contribution in [2.45, 2.75) is 50.3 Å². The van der Waals surface area contributed by atoms with Gasteiger partial charge in [-0.2, -0.15) is 4.31 Å².